The van der Waals surface area contributed by atoms with Crippen LogP contribution in [0.5, 0.6) is 0 Å². The van der Waals surface area contributed by atoms with Crippen molar-refractivity contribution in [1.82, 2.24) is 9.55 Å². The highest BCUT2D eigenvalue weighted by Gasteiger charge is 2.08. The van der Waals surface area contributed by atoms with Gasteiger partial charge in [-0.1, -0.05) is 42.5 Å². The van der Waals surface area contributed by atoms with Crippen molar-refractivity contribution in [3.8, 4) is 11.4 Å². The standard InChI is InChI=1S/C17H17N3/c1-13-11-20(12-14-6-3-2-4-7-14)17(19-13)15-8-5-9-16(18)10-15/h2-11H,12,18H2,1H3. The number of benzene rings is 2. The SMILES string of the molecule is Cc1cn(Cc2ccccc2)c(-c2cccc(N)c2)n1. The molecule has 0 amide bonds. The second kappa shape index (κ2) is 5.21. The Morgan fingerprint density at radius 3 is 2.60 bits per heavy atom. The van der Waals surface area contributed by atoms with Crippen LogP contribution >= 0.6 is 0 Å². The smallest absolute Gasteiger partial charge is 0.140 e. The molecule has 0 unspecified atom stereocenters. The summed E-state index contributed by atoms with van der Waals surface area (Å²) in [7, 11) is 0. The highest BCUT2D eigenvalue weighted by Crippen LogP contribution is 2.22. The number of nitrogens with two attached hydrogens (primary N) is 1. The largest absolute Gasteiger partial charge is 0.399 e. The number of imidazole rings is 1. The number of rotatable bonds is 3. The average Bonchev–Trinajstić information content (AvgIpc) is 2.81. The summed E-state index contributed by atoms with van der Waals surface area (Å²) in [5.74, 6) is 0.957. The Morgan fingerprint density at radius 1 is 1.05 bits per heavy atom. The van der Waals surface area contributed by atoms with Gasteiger partial charge >= 0.3 is 0 Å². The highest BCUT2D eigenvalue weighted by atomic mass is 15.1. The fourth-order valence-corrected chi connectivity index (χ4v) is 2.36. The third kappa shape index (κ3) is 2.57. The molecule has 0 atom stereocenters. The number of hydrogen-bond acceptors (Lipinski definition) is 2. The molecule has 0 radical (unpaired) electrons. The van der Waals surface area contributed by atoms with Crippen LogP contribution in [0, 0.1) is 6.92 Å². The van der Waals surface area contributed by atoms with Crippen LogP contribution in [0.4, 0.5) is 5.69 Å². The van der Waals surface area contributed by atoms with Crippen molar-refractivity contribution >= 4 is 5.69 Å². The number of hydrogen-bond donors (Lipinski definition) is 1. The van der Waals surface area contributed by atoms with E-state index < -0.39 is 0 Å². The van der Waals surface area contributed by atoms with Crippen LogP contribution in [0.1, 0.15) is 11.3 Å². The van der Waals surface area contributed by atoms with Crippen molar-refractivity contribution in [3.05, 3.63) is 72.1 Å². The molecule has 0 aliphatic carbocycles. The Balaban J connectivity index is 2.00. The molecule has 100 valence electrons. The Bertz CT molecular complexity index is 714. The van der Waals surface area contributed by atoms with Gasteiger partial charge in [-0.15, -0.1) is 0 Å². The van der Waals surface area contributed by atoms with E-state index in [0.717, 1.165) is 29.3 Å². The average molecular weight is 263 g/mol. The molecule has 20 heavy (non-hydrogen) atoms. The van der Waals surface area contributed by atoms with Crippen LogP contribution in [0.15, 0.2) is 60.8 Å². The second-order valence-corrected chi connectivity index (χ2v) is 4.94. The van der Waals surface area contributed by atoms with Crippen molar-refractivity contribution in [2.24, 2.45) is 0 Å². The zero-order chi connectivity index (χ0) is 13.9. The van der Waals surface area contributed by atoms with Crippen LogP contribution < -0.4 is 5.73 Å². The van der Waals surface area contributed by atoms with Gasteiger partial charge in [0.25, 0.3) is 0 Å². The first-order valence-corrected chi connectivity index (χ1v) is 6.66. The molecule has 0 saturated carbocycles. The van der Waals surface area contributed by atoms with Crippen molar-refractivity contribution in [1.29, 1.82) is 0 Å². The lowest BCUT2D eigenvalue weighted by atomic mass is 10.2. The van der Waals surface area contributed by atoms with E-state index in [1.54, 1.807) is 0 Å². The van der Waals surface area contributed by atoms with Crippen molar-refractivity contribution in [2.75, 3.05) is 5.73 Å². The van der Waals surface area contributed by atoms with Gasteiger partial charge in [0.05, 0.1) is 5.69 Å². The summed E-state index contributed by atoms with van der Waals surface area (Å²) >= 11 is 0. The summed E-state index contributed by atoms with van der Waals surface area (Å²) in [4.78, 5) is 4.63. The molecule has 3 nitrogen and oxygen atoms in total. The van der Waals surface area contributed by atoms with E-state index in [2.05, 4.69) is 40.0 Å². The molecule has 2 N–H and O–H groups in total. The van der Waals surface area contributed by atoms with Gasteiger partial charge in [0.2, 0.25) is 0 Å². The molecule has 0 aliphatic heterocycles. The van der Waals surface area contributed by atoms with Crippen molar-refractivity contribution in [3.63, 3.8) is 0 Å². The summed E-state index contributed by atoms with van der Waals surface area (Å²) in [5, 5.41) is 0. The third-order valence-corrected chi connectivity index (χ3v) is 3.24. The molecule has 3 aromatic rings. The second-order valence-electron chi connectivity index (χ2n) is 4.94. The van der Waals surface area contributed by atoms with Gasteiger partial charge in [-0.3, -0.25) is 0 Å². The monoisotopic (exact) mass is 263 g/mol. The molecule has 0 bridgehead atoms. The van der Waals surface area contributed by atoms with Crippen LogP contribution in [-0.2, 0) is 6.54 Å². The van der Waals surface area contributed by atoms with Gasteiger partial charge in [0.1, 0.15) is 5.82 Å². The first-order chi connectivity index (χ1) is 9.72. The molecule has 0 saturated heterocycles. The van der Waals surface area contributed by atoms with Crippen LogP contribution in [-0.4, -0.2) is 9.55 Å². The van der Waals surface area contributed by atoms with E-state index in [1.807, 2.05) is 37.3 Å². The maximum atomic E-state index is 5.87. The maximum absolute atomic E-state index is 5.87. The topological polar surface area (TPSA) is 43.8 Å². The first kappa shape index (κ1) is 12.5. The predicted octanol–water partition coefficient (Wildman–Crippen LogP) is 3.49. The minimum atomic E-state index is 0.759. The normalized spacial score (nSPS) is 10.7. The van der Waals surface area contributed by atoms with E-state index >= 15 is 0 Å². The minimum Gasteiger partial charge on any atom is -0.399 e. The number of nitrogens with zero attached hydrogens (tertiary/aromatic N) is 2. The highest BCUT2D eigenvalue weighted by molar-refractivity contribution is 5.61. The molecule has 3 rings (SSSR count). The Kier molecular flexibility index (Phi) is 3.25. The number of nitrogen functional groups attached to an aromatic ring is 1. The van der Waals surface area contributed by atoms with Crippen molar-refractivity contribution < 1.29 is 0 Å². The van der Waals surface area contributed by atoms with Gasteiger partial charge < -0.3 is 10.3 Å². The van der Waals surface area contributed by atoms with Crippen molar-refractivity contribution in [2.45, 2.75) is 13.5 Å². The quantitative estimate of drug-likeness (QED) is 0.735. The Labute approximate surface area is 118 Å². The molecule has 0 aliphatic rings. The molecular formula is C17H17N3. The molecule has 3 heteroatoms. The fourth-order valence-electron chi connectivity index (χ4n) is 2.36. The summed E-state index contributed by atoms with van der Waals surface area (Å²) < 4.78 is 2.17. The molecule has 2 aromatic carbocycles. The number of aromatic nitrogens is 2. The van der Waals surface area contributed by atoms with E-state index in [4.69, 9.17) is 5.73 Å². The maximum Gasteiger partial charge on any atom is 0.140 e. The summed E-state index contributed by atoms with van der Waals surface area (Å²) in [6, 6.07) is 18.2. The molecule has 1 heterocycles. The van der Waals surface area contributed by atoms with E-state index in [0.29, 0.717) is 0 Å². The van der Waals surface area contributed by atoms with Crippen LogP contribution in [0.25, 0.3) is 11.4 Å². The van der Waals surface area contributed by atoms with Gasteiger partial charge in [-0.25, -0.2) is 4.98 Å². The van der Waals surface area contributed by atoms with Gasteiger partial charge in [-0.05, 0) is 24.6 Å². The van der Waals surface area contributed by atoms with Gasteiger partial charge in [0, 0.05) is 24.0 Å². The first-order valence-electron chi connectivity index (χ1n) is 6.66. The predicted molar refractivity (Wildman–Crippen MR) is 82.4 cm³/mol. The number of anilines is 1. The van der Waals surface area contributed by atoms with Gasteiger partial charge in [-0.2, -0.15) is 0 Å². The van der Waals surface area contributed by atoms with Crippen LogP contribution in [0.2, 0.25) is 0 Å². The fraction of sp³-hybridized carbons (Fsp3) is 0.118. The van der Waals surface area contributed by atoms with E-state index in [9.17, 15) is 0 Å². The Morgan fingerprint density at radius 2 is 1.85 bits per heavy atom. The van der Waals surface area contributed by atoms with Gasteiger partial charge in [0.15, 0.2) is 0 Å². The third-order valence-electron chi connectivity index (χ3n) is 3.24. The Hall–Kier alpha value is -2.55. The van der Waals surface area contributed by atoms with E-state index in [-0.39, 0.29) is 0 Å². The van der Waals surface area contributed by atoms with Crippen LogP contribution in [0.3, 0.4) is 0 Å². The molecule has 0 spiro atoms. The molecule has 1 aromatic heterocycles. The zero-order valence-corrected chi connectivity index (χ0v) is 11.5. The lowest BCUT2D eigenvalue weighted by Crippen LogP contribution is -2.01. The zero-order valence-electron chi connectivity index (χ0n) is 11.5. The lowest BCUT2D eigenvalue weighted by Gasteiger charge is -2.08. The molecular weight excluding hydrogens is 246 g/mol. The van der Waals surface area contributed by atoms with E-state index in [1.165, 1.54) is 5.56 Å². The molecule has 0 fully saturated rings. The lowest BCUT2D eigenvalue weighted by molar-refractivity contribution is 0.806. The summed E-state index contributed by atoms with van der Waals surface area (Å²) in [6.07, 6.45) is 2.07. The summed E-state index contributed by atoms with van der Waals surface area (Å²) in [6.45, 7) is 2.82. The summed E-state index contributed by atoms with van der Waals surface area (Å²) in [5.41, 5.74) is 9.95. The number of aryl methyl sites for hydroxylation is 1. The minimum absolute atomic E-state index is 0.759.